The van der Waals surface area contributed by atoms with Gasteiger partial charge in [-0.2, -0.15) is 8.42 Å². The maximum absolute atomic E-state index is 13.0. The second-order valence-corrected chi connectivity index (χ2v) is 13.6. The van der Waals surface area contributed by atoms with Crippen LogP contribution >= 0.6 is 0 Å². The molecule has 0 fully saturated rings. The Hall–Kier alpha value is -4.41. The van der Waals surface area contributed by atoms with Crippen molar-refractivity contribution in [3.63, 3.8) is 0 Å². The van der Waals surface area contributed by atoms with Gasteiger partial charge in [0, 0.05) is 23.7 Å². The van der Waals surface area contributed by atoms with Crippen molar-refractivity contribution in [3.8, 4) is 17.2 Å². The largest absolute Gasteiger partial charge is 0.493 e. The van der Waals surface area contributed by atoms with E-state index in [1.54, 1.807) is 43.5 Å². The van der Waals surface area contributed by atoms with Crippen LogP contribution in [0.4, 0.5) is 5.82 Å². The van der Waals surface area contributed by atoms with Crippen LogP contribution in [0.25, 0.3) is 11.0 Å². The van der Waals surface area contributed by atoms with E-state index in [0.717, 1.165) is 12.8 Å². The standard InChI is InChI=1S/C32H45N5O7.CH4O3S/c1-19(2)29(33)31(39)34-18-28(38)35-30-24-12-11-23(17-26(24)44-36-30)42-14-8-9-15-43-25-13-10-22(16-27(25)41-7)32(40)37(20(3)4)21(5)6;1-5(2,3)4/h10-13,16-17,19-21,29H,8-9,14-15,18,33H2,1-7H3,(H,34,39)(H,35,36,38);1H3,(H,2,3,4)/t29-;/m0./s1. The highest BCUT2D eigenvalue weighted by Gasteiger charge is 2.23. The topological polar surface area (TPSA) is 213 Å². The van der Waals surface area contributed by atoms with Gasteiger partial charge in [-0.05, 0) is 76.8 Å². The molecule has 0 radical (unpaired) electrons. The molecule has 272 valence electrons. The minimum atomic E-state index is -3.67. The molecule has 3 aromatic rings. The Morgan fingerprint density at radius 3 is 2.14 bits per heavy atom. The summed E-state index contributed by atoms with van der Waals surface area (Å²) in [5, 5.41) is 9.68. The zero-order chi connectivity index (χ0) is 36.9. The summed E-state index contributed by atoms with van der Waals surface area (Å²) in [6.45, 7) is 12.3. The van der Waals surface area contributed by atoms with E-state index in [1.165, 1.54) is 0 Å². The molecular weight excluding hydrogens is 658 g/mol. The number of ether oxygens (including phenoxy) is 3. The summed E-state index contributed by atoms with van der Waals surface area (Å²) in [4.78, 5) is 39.1. The number of benzene rings is 2. The van der Waals surface area contributed by atoms with Crippen molar-refractivity contribution in [2.75, 3.05) is 38.4 Å². The second-order valence-electron chi connectivity index (χ2n) is 12.1. The number of aromatic nitrogens is 1. The predicted octanol–water partition coefficient (Wildman–Crippen LogP) is 3.88. The summed E-state index contributed by atoms with van der Waals surface area (Å²) >= 11 is 0. The molecule has 0 saturated carbocycles. The molecule has 3 rings (SSSR count). The van der Waals surface area contributed by atoms with E-state index in [9.17, 15) is 22.8 Å². The Bertz CT molecular complexity index is 1640. The summed E-state index contributed by atoms with van der Waals surface area (Å²) in [5.41, 5.74) is 6.80. The van der Waals surface area contributed by atoms with Crippen molar-refractivity contribution in [1.82, 2.24) is 15.4 Å². The maximum Gasteiger partial charge on any atom is 0.261 e. The van der Waals surface area contributed by atoms with Crippen LogP contribution in [-0.4, -0.2) is 92.0 Å². The zero-order valence-electron chi connectivity index (χ0n) is 29.3. The third-order valence-corrected chi connectivity index (χ3v) is 6.97. The Morgan fingerprint density at radius 1 is 0.959 bits per heavy atom. The van der Waals surface area contributed by atoms with Crippen molar-refractivity contribution in [2.45, 2.75) is 72.5 Å². The van der Waals surface area contributed by atoms with Crippen LogP contribution in [-0.2, 0) is 19.7 Å². The molecule has 0 spiro atoms. The SMILES string of the molecule is COc1cc(C(=O)N(C(C)C)C(C)C)ccc1OCCCCOc1ccc2c(NC(=O)CNC(=O)[C@@H](N)C(C)C)noc2c1.CS(=O)(=O)O. The number of hydrogen-bond acceptors (Lipinski definition) is 11. The Morgan fingerprint density at radius 2 is 1.57 bits per heavy atom. The molecule has 16 heteroatoms. The first-order chi connectivity index (χ1) is 22.9. The van der Waals surface area contributed by atoms with Gasteiger partial charge in [0.1, 0.15) is 5.75 Å². The van der Waals surface area contributed by atoms with Gasteiger partial charge in [-0.1, -0.05) is 19.0 Å². The summed E-state index contributed by atoms with van der Waals surface area (Å²) < 4.78 is 48.5. The normalized spacial score (nSPS) is 11.9. The molecule has 1 atom stereocenters. The number of unbranched alkanes of at least 4 members (excludes halogenated alkanes) is 1. The number of rotatable bonds is 16. The lowest BCUT2D eigenvalue weighted by Gasteiger charge is -2.31. The minimum Gasteiger partial charge on any atom is -0.493 e. The molecule has 0 unspecified atom stereocenters. The van der Waals surface area contributed by atoms with Gasteiger partial charge in [-0.15, -0.1) is 0 Å². The zero-order valence-corrected chi connectivity index (χ0v) is 30.1. The lowest BCUT2D eigenvalue weighted by molar-refractivity contribution is -0.125. The number of nitrogens with two attached hydrogens (primary N) is 1. The van der Waals surface area contributed by atoms with E-state index < -0.39 is 28.0 Å². The molecule has 0 aliphatic heterocycles. The highest BCUT2D eigenvalue weighted by atomic mass is 32.2. The van der Waals surface area contributed by atoms with Crippen LogP contribution in [0.3, 0.4) is 0 Å². The lowest BCUT2D eigenvalue weighted by atomic mass is 10.1. The third-order valence-electron chi connectivity index (χ3n) is 6.97. The lowest BCUT2D eigenvalue weighted by Crippen LogP contribution is -2.46. The predicted molar refractivity (Wildman–Crippen MR) is 186 cm³/mol. The van der Waals surface area contributed by atoms with Gasteiger partial charge in [0.2, 0.25) is 11.8 Å². The van der Waals surface area contributed by atoms with Crippen molar-refractivity contribution >= 4 is 44.6 Å². The van der Waals surface area contributed by atoms with Crippen LogP contribution < -0.4 is 30.6 Å². The summed E-state index contributed by atoms with van der Waals surface area (Å²) in [7, 11) is -2.11. The molecule has 49 heavy (non-hydrogen) atoms. The van der Waals surface area contributed by atoms with E-state index in [0.29, 0.717) is 53.3 Å². The number of anilines is 1. The van der Waals surface area contributed by atoms with Crippen molar-refractivity contribution in [3.05, 3.63) is 42.0 Å². The first-order valence-corrected chi connectivity index (χ1v) is 17.7. The molecule has 0 aliphatic carbocycles. The Kier molecular flexibility index (Phi) is 15.8. The van der Waals surface area contributed by atoms with Gasteiger partial charge >= 0.3 is 0 Å². The van der Waals surface area contributed by atoms with Gasteiger partial charge in [0.15, 0.2) is 22.9 Å². The number of fused-ring (bicyclic) bond motifs is 1. The molecule has 1 aromatic heterocycles. The van der Waals surface area contributed by atoms with Crippen LogP contribution in [0.15, 0.2) is 40.9 Å². The van der Waals surface area contributed by atoms with E-state index in [4.69, 9.17) is 29.0 Å². The number of methoxy groups -OCH3 is 1. The van der Waals surface area contributed by atoms with Gasteiger partial charge in [0.05, 0.1) is 44.6 Å². The Labute approximate surface area is 287 Å². The smallest absolute Gasteiger partial charge is 0.261 e. The first kappa shape index (κ1) is 40.8. The molecule has 0 bridgehead atoms. The number of nitrogens with zero attached hydrogens (tertiary/aromatic N) is 2. The maximum atomic E-state index is 13.0. The van der Waals surface area contributed by atoms with Crippen molar-refractivity contribution in [1.29, 1.82) is 0 Å². The highest BCUT2D eigenvalue weighted by molar-refractivity contribution is 7.85. The average molecular weight is 708 g/mol. The molecule has 0 saturated heterocycles. The van der Waals surface area contributed by atoms with Gasteiger partial charge < -0.3 is 40.0 Å². The molecular formula is C33H49N5O10S. The van der Waals surface area contributed by atoms with Crippen LogP contribution in [0.2, 0.25) is 0 Å². The molecule has 15 nitrogen and oxygen atoms in total. The van der Waals surface area contributed by atoms with E-state index in [2.05, 4.69) is 15.8 Å². The third kappa shape index (κ3) is 13.6. The molecule has 5 N–H and O–H groups in total. The summed E-state index contributed by atoms with van der Waals surface area (Å²) in [6.07, 6.45) is 2.18. The van der Waals surface area contributed by atoms with E-state index in [1.807, 2.05) is 46.4 Å². The molecule has 0 aliphatic rings. The van der Waals surface area contributed by atoms with Crippen molar-refractivity contribution in [2.24, 2.45) is 11.7 Å². The summed E-state index contributed by atoms with van der Waals surface area (Å²) in [5.74, 6) is 1.01. The fourth-order valence-corrected chi connectivity index (χ4v) is 4.57. The average Bonchev–Trinajstić information content (AvgIpc) is 3.41. The fourth-order valence-electron chi connectivity index (χ4n) is 4.57. The van der Waals surface area contributed by atoms with Gasteiger partial charge in [-0.25, -0.2) is 0 Å². The number of carbonyl (C=O) groups excluding carboxylic acids is 3. The molecule has 3 amide bonds. The van der Waals surface area contributed by atoms with E-state index >= 15 is 0 Å². The number of amides is 3. The van der Waals surface area contributed by atoms with E-state index in [-0.39, 0.29) is 36.3 Å². The van der Waals surface area contributed by atoms with Crippen LogP contribution in [0, 0.1) is 5.92 Å². The quantitative estimate of drug-likeness (QED) is 0.123. The number of hydrogen-bond donors (Lipinski definition) is 4. The first-order valence-electron chi connectivity index (χ1n) is 15.8. The second kappa shape index (κ2) is 19.0. The highest BCUT2D eigenvalue weighted by Crippen LogP contribution is 2.30. The molecule has 1 heterocycles. The van der Waals surface area contributed by atoms with Crippen LogP contribution in [0.5, 0.6) is 17.2 Å². The fraction of sp³-hybridized carbons (Fsp3) is 0.515. The number of carbonyl (C=O) groups is 3. The summed E-state index contributed by atoms with van der Waals surface area (Å²) in [6, 6.07) is 9.93. The monoisotopic (exact) mass is 707 g/mol. The van der Waals surface area contributed by atoms with Crippen LogP contribution in [0.1, 0.15) is 64.7 Å². The van der Waals surface area contributed by atoms with Crippen molar-refractivity contribution < 1.29 is 46.1 Å². The Balaban J connectivity index is 0.00000155. The molecule has 2 aromatic carbocycles. The van der Waals surface area contributed by atoms with Gasteiger partial charge in [-0.3, -0.25) is 18.9 Å². The minimum absolute atomic E-state index is 0.0420. The van der Waals surface area contributed by atoms with Gasteiger partial charge in [0.25, 0.3) is 16.0 Å². The number of nitrogens with one attached hydrogen (secondary N) is 2.